The van der Waals surface area contributed by atoms with Crippen molar-refractivity contribution in [2.75, 3.05) is 6.54 Å². The van der Waals surface area contributed by atoms with Gasteiger partial charge in [-0.15, -0.1) is 0 Å². The Morgan fingerprint density at radius 3 is 2.26 bits per heavy atom. The van der Waals surface area contributed by atoms with Gasteiger partial charge in [0.1, 0.15) is 5.82 Å². The molecule has 4 fully saturated rings. The third-order valence-corrected chi connectivity index (χ3v) is 7.03. The highest BCUT2D eigenvalue weighted by atomic mass is 79.9. The third-order valence-electron chi connectivity index (χ3n) is 6.57. The molecule has 6 heteroatoms. The van der Waals surface area contributed by atoms with E-state index in [-0.39, 0.29) is 36.0 Å². The summed E-state index contributed by atoms with van der Waals surface area (Å²) in [5.74, 6) is 1.88. The predicted molar refractivity (Wildman–Crippen MR) is 104 cm³/mol. The number of carbonyl (C=O) groups is 2. The van der Waals surface area contributed by atoms with Crippen molar-refractivity contribution < 1.29 is 14.0 Å². The van der Waals surface area contributed by atoms with E-state index in [2.05, 4.69) is 26.6 Å². The summed E-state index contributed by atoms with van der Waals surface area (Å²) in [4.78, 5) is 24.9. The van der Waals surface area contributed by atoms with E-state index < -0.39 is 0 Å². The molecule has 0 aromatic heterocycles. The molecule has 4 nitrogen and oxygen atoms in total. The number of hydrogen-bond acceptors (Lipinski definition) is 2. The number of carbonyl (C=O) groups excluding carboxylic acids is 2. The summed E-state index contributed by atoms with van der Waals surface area (Å²) in [6.07, 6.45) is 7.28. The lowest BCUT2D eigenvalue weighted by Crippen LogP contribution is -2.53. The molecular weight excluding hydrogens is 411 g/mol. The molecule has 0 aliphatic heterocycles. The van der Waals surface area contributed by atoms with Crippen LogP contribution in [0.25, 0.3) is 0 Å². The average molecular weight is 437 g/mol. The summed E-state index contributed by atoms with van der Waals surface area (Å²) in [5, 5.41) is 5.80. The first-order valence-corrected chi connectivity index (χ1v) is 10.7. The van der Waals surface area contributed by atoms with E-state index in [9.17, 15) is 14.0 Å². The van der Waals surface area contributed by atoms with Gasteiger partial charge in [-0.3, -0.25) is 9.59 Å². The Hall–Kier alpha value is -1.43. The summed E-state index contributed by atoms with van der Waals surface area (Å²) in [6.45, 7) is 0.636. The number of nitrogens with one attached hydrogen (secondary N) is 2. The van der Waals surface area contributed by atoms with E-state index in [1.54, 1.807) is 6.07 Å². The number of rotatable bonds is 6. The maximum atomic E-state index is 13.4. The second kappa shape index (κ2) is 7.53. The van der Waals surface area contributed by atoms with Crippen molar-refractivity contribution in [3.05, 3.63) is 34.1 Å². The van der Waals surface area contributed by atoms with Crippen LogP contribution >= 0.6 is 15.9 Å². The maximum Gasteiger partial charge on any atom is 0.226 e. The molecule has 4 saturated carbocycles. The lowest BCUT2D eigenvalue weighted by atomic mass is 9.49. The van der Waals surface area contributed by atoms with E-state index in [0.717, 1.165) is 37.0 Å². The average Bonchev–Trinajstić information content (AvgIpc) is 2.58. The first-order chi connectivity index (χ1) is 12.9. The lowest BCUT2D eigenvalue weighted by molar-refractivity contribution is -0.146. The van der Waals surface area contributed by atoms with Gasteiger partial charge in [0.25, 0.3) is 0 Å². The van der Waals surface area contributed by atoms with E-state index in [1.165, 1.54) is 31.4 Å². The minimum atomic E-state index is -0.337. The smallest absolute Gasteiger partial charge is 0.226 e. The zero-order chi connectivity index (χ0) is 19.0. The zero-order valence-electron chi connectivity index (χ0n) is 15.4. The highest BCUT2D eigenvalue weighted by Gasteiger charge is 2.54. The standard InChI is InChI=1S/C21H26BrFN2O2/c22-17-6-16(7-18(23)8-17)12-25-19(26)1-2-24-20(27)21-9-13-3-14(10-21)5-15(4-13)11-21/h6-8,13-15H,1-5,9-12H2,(H,24,27)(H,25,26). The van der Waals surface area contributed by atoms with Crippen molar-refractivity contribution in [2.24, 2.45) is 23.2 Å². The van der Waals surface area contributed by atoms with Crippen LogP contribution in [0.5, 0.6) is 0 Å². The van der Waals surface area contributed by atoms with Crippen molar-refractivity contribution in [1.29, 1.82) is 0 Å². The summed E-state index contributed by atoms with van der Waals surface area (Å²) >= 11 is 3.24. The van der Waals surface area contributed by atoms with E-state index in [4.69, 9.17) is 0 Å². The molecule has 4 aliphatic rings. The van der Waals surface area contributed by atoms with Gasteiger partial charge in [0, 0.05) is 29.4 Å². The largest absolute Gasteiger partial charge is 0.355 e. The van der Waals surface area contributed by atoms with Crippen molar-refractivity contribution >= 4 is 27.7 Å². The highest BCUT2D eigenvalue weighted by Crippen LogP contribution is 2.60. The predicted octanol–water partition coefficient (Wildman–Crippen LogP) is 3.93. The van der Waals surface area contributed by atoms with Crippen LogP contribution in [0.2, 0.25) is 0 Å². The van der Waals surface area contributed by atoms with Gasteiger partial charge in [0.05, 0.1) is 0 Å². The SMILES string of the molecule is O=C(CCNC(=O)C12CC3CC(CC(C3)C1)C2)NCc1cc(F)cc(Br)c1. The molecule has 0 spiro atoms. The van der Waals surface area contributed by atoms with Crippen molar-refractivity contribution in [3.63, 3.8) is 0 Å². The van der Waals surface area contributed by atoms with Crippen LogP contribution in [0.4, 0.5) is 4.39 Å². The first kappa shape index (κ1) is 18.9. The second-order valence-electron chi connectivity index (χ2n) is 8.76. The second-order valence-corrected chi connectivity index (χ2v) is 9.67. The molecule has 4 bridgehead atoms. The molecule has 1 aromatic rings. The molecule has 1 aromatic carbocycles. The quantitative estimate of drug-likeness (QED) is 0.709. The molecule has 146 valence electrons. The van der Waals surface area contributed by atoms with Gasteiger partial charge in [-0.05, 0) is 80.0 Å². The molecular formula is C21H26BrFN2O2. The maximum absolute atomic E-state index is 13.4. The monoisotopic (exact) mass is 436 g/mol. The molecule has 0 saturated heterocycles. The Labute approximate surface area is 167 Å². The van der Waals surface area contributed by atoms with Gasteiger partial charge in [-0.2, -0.15) is 0 Å². The van der Waals surface area contributed by atoms with Crippen LogP contribution in [-0.2, 0) is 16.1 Å². The van der Waals surface area contributed by atoms with Gasteiger partial charge in [-0.25, -0.2) is 4.39 Å². The number of hydrogen-bond donors (Lipinski definition) is 2. The molecule has 2 N–H and O–H groups in total. The fraction of sp³-hybridized carbons (Fsp3) is 0.619. The van der Waals surface area contributed by atoms with Crippen molar-refractivity contribution in [2.45, 2.75) is 51.5 Å². The molecule has 0 unspecified atom stereocenters. The number of halogens is 2. The normalized spacial score (nSPS) is 31.0. The Morgan fingerprint density at radius 1 is 1.04 bits per heavy atom. The molecule has 0 heterocycles. The minimum Gasteiger partial charge on any atom is -0.355 e. The Morgan fingerprint density at radius 2 is 1.67 bits per heavy atom. The summed E-state index contributed by atoms with van der Waals surface area (Å²) in [5.41, 5.74) is 0.534. The van der Waals surface area contributed by atoms with Crippen LogP contribution in [0.1, 0.15) is 50.5 Å². The summed E-state index contributed by atoms with van der Waals surface area (Å²) < 4.78 is 14.0. The number of amides is 2. The third kappa shape index (κ3) is 4.20. The summed E-state index contributed by atoms with van der Waals surface area (Å²) in [6, 6.07) is 4.56. The molecule has 0 atom stereocenters. The van der Waals surface area contributed by atoms with Crippen molar-refractivity contribution in [3.8, 4) is 0 Å². The van der Waals surface area contributed by atoms with Crippen LogP contribution in [-0.4, -0.2) is 18.4 Å². The van der Waals surface area contributed by atoms with Gasteiger partial charge in [-0.1, -0.05) is 15.9 Å². The fourth-order valence-corrected chi connectivity index (χ4v) is 6.38. The van der Waals surface area contributed by atoms with E-state index in [0.29, 0.717) is 16.6 Å². The molecule has 0 radical (unpaired) electrons. The Kier molecular flexibility index (Phi) is 5.28. The number of benzene rings is 1. The van der Waals surface area contributed by atoms with Gasteiger partial charge in [0.15, 0.2) is 0 Å². The lowest BCUT2D eigenvalue weighted by Gasteiger charge is -2.55. The van der Waals surface area contributed by atoms with Crippen LogP contribution in [0.15, 0.2) is 22.7 Å². The van der Waals surface area contributed by atoms with Gasteiger partial charge < -0.3 is 10.6 Å². The summed E-state index contributed by atoms with van der Waals surface area (Å²) in [7, 11) is 0. The molecule has 2 amide bonds. The van der Waals surface area contributed by atoms with Gasteiger partial charge >= 0.3 is 0 Å². The van der Waals surface area contributed by atoms with Crippen LogP contribution < -0.4 is 10.6 Å². The first-order valence-electron chi connectivity index (χ1n) is 9.92. The molecule has 4 aliphatic carbocycles. The van der Waals surface area contributed by atoms with Crippen LogP contribution in [0.3, 0.4) is 0 Å². The van der Waals surface area contributed by atoms with E-state index >= 15 is 0 Å². The zero-order valence-corrected chi connectivity index (χ0v) is 17.0. The van der Waals surface area contributed by atoms with E-state index in [1.807, 2.05) is 0 Å². The van der Waals surface area contributed by atoms with Crippen LogP contribution in [0, 0.1) is 29.0 Å². The Bertz CT molecular complexity index is 696. The molecule has 5 rings (SSSR count). The fourth-order valence-electron chi connectivity index (χ4n) is 5.87. The molecule has 27 heavy (non-hydrogen) atoms. The highest BCUT2D eigenvalue weighted by molar-refractivity contribution is 9.10. The van der Waals surface area contributed by atoms with Gasteiger partial charge in [0.2, 0.25) is 11.8 Å². The minimum absolute atomic E-state index is 0.138. The topological polar surface area (TPSA) is 58.2 Å². The van der Waals surface area contributed by atoms with Crippen molar-refractivity contribution in [1.82, 2.24) is 10.6 Å². The Balaban J connectivity index is 1.22.